The zero-order valence-corrected chi connectivity index (χ0v) is 11.7. The Kier molecular flexibility index (Phi) is 2.80. The highest BCUT2D eigenvalue weighted by atomic mass is 32.2. The van der Waals surface area contributed by atoms with Gasteiger partial charge in [0.25, 0.3) is 5.91 Å². The Balaban J connectivity index is 2.31. The molecule has 1 amide bonds. The molecule has 3 rings (SSSR count). The third kappa shape index (κ3) is 2.07. The highest BCUT2D eigenvalue weighted by Gasteiger charge is 2.37. The number of nitrogens with one attached hydrogen (secondary N) is 1. The Labute approximate surface area is 120 Å². The van der Waals surface area contributed by atoms with Crippen molar-refractivity contribution in [3.05, 3.63) is 35.6 Å². The van der Waals surface area contributed by atoms with Gasteiger partial charge in [0.1, 0.15) is 18.0 Å². The Morgan fingerprint density at radius 1 is 1.33 bits per heavy atom. The highest BCUT2D eigenvalue weighted by molar-refractivity contribution is 7.92. The first kappa shape index (κ1) is 13.6. The van der Waals surface area contributed by atoms with E-state index in [1.165, 1.54) is 6.07 Å². The number of rotatable bonds is 1. The molecule has 1 aliphatic heterocycles. The molecule has 2 aromatic rings. The fourth-order valence-corrected chi connectivity index (χ4v) is 3.49. The average Bonchev–Trinajstić information content (AvgIpc) is 2.64. The SMILES string of the molecule is Cc1ccc2cc(O)c(N3CC(=O)NS3(=O)=O)c(F)c2c1. The summed E-state index contributed by atoms with van der Waals surface area (Å²) in [7, 11) is -4.18. The zero-order chi connectivity index (χ0) is 15.4. The number of halogens is 1. The molecular weight excluding hydrogens is 299 g/mol. The summed E-state index contributed by atoms with van der Waals surface area (Å²) in [5.41, 5.74) is 0.267. The van der Waals surface area contributed by atoms with E-state index in [0.29, 0.717) is 9.69 Å². The van der Waals surface area contributed by atoms with Gasteiger partial charge in [0.15, 0.2) is 5.82 Å². The van der Waals surface area contributed by atoms with Gasteiger partial charge in [-0.3, -0.25) is 4.79 Å². The van der Waals surface area contributed by atoms with Crippen molar-refractivity contribution in [3.63, 3.8) is 0 Å². The molecule has 0 spiro atoms. The average molecular weight is 310 g/mol. The van der Waals surface area contributed by atoms with Crippen molar-refractivity contribution in [3.8, 4) is 5.75 Å². The molecule has 0 atom stereocenters. The first-order valence-corrected chi connectivity index (χ1v) is 7.49. The van der Waals surface area contributed by atoms with Crippen molar-refractivity contribution < 1.29 is 22.7 Å². The van der Waals surface area contributed by atoms with E-state index in [0.717, 1.165) is 5.56 Å². The minimum absolute atomic E-state index is 0.178. The quantitative estimate of drug-likeness (QED) is 0.828. The van der Waals surface area contributed by atoms with Gasteiger partial charge in [-0.2, -0.15) is 8.42 Å². The standard InChI is InChI=1S/C13H11FN2O4S/c1-7-2-3-8-5-10(17)13(12(14)9(8)4-7)16-6-11(18)15-21(16,19)20/h2-5,17H,6H2,1H3,(H,15,18). The van der Waals surface area contributed by atoms with E-state index >= 15 is 0 Å². The molecule has 8 heteroatoms. The number of anilines is 1. The summed E-state index contributed by atoms with van der Waals surface area (Å²) >= 11 is 0. The number of aromatic hydroxyl groups is 1. The third-order valence-electron chi connectivity index (χ3n) is 3.26. The van der Waals surface area contributed by atoms with Crippen LogP contribution < -0.4 is 9.03 Å². The smallest absolute Gasteiger partial charge is 0.326 e. The van der Waals surface area contributed by atoms with E-state index in [1.54, 1.807) is 29.8 Å². The van der Waals surface area contributed by atoms with Gasteiger partial charge in [0.2, 0.25) is 0 Å². The van der Waals surface area contributed by atoms with E-state index in [9.17, 15) is 22.7 Å². The van der Waals surface area contributed by atoms with Crippen LogP contribution in [0.25, 0.3) is 10.8 Å². The Hall–Kier alpha value is -2.35. The molecule has 2 N–H and O–H groups in total. The second kappa shape index (κ2) is 4.32. The van der Waals surface area contributed by atoms with Crippen LogP contribution in [0, 0.1) is 12.7 Å². The molecule has 0 unspecified atom stereocenters. The number of carbonyl (C=O) groups is 1. The molecule has 0 bridgehead atoms. The maximum Gasteiger partial charge on any atom is 0.326 e. The fourth-order valence-electron chi connectivity index (χ4n) is 2.32. The lowest BCUT2D eigenvalue weighted by molar-refractivity contribution is -0.117. The first-order valence-electron chi connectivity index (χ1n) is 6.05. The molecule has 0 radical (unpaired) electrons. The molecule has 6 nitrogen and oxygen atoms in total. The van der Waals surface area contributed by atoms with Gasteiger partial charge < -0.3 is 5.11 Å². The van der Waals surface area contributed by atoms with Crippen LogP contribution in [0.2, 0.25) is 0 Å². The number of phenolic OH excluding ortho intramolecular Hbond substituents is 1. The van der Waals surface area contributed by atoms with Gasteiger partial charge in [0, 0.05) is 5.39 Å². The molecule has 1 fully saturated rings. The Bertz CT molecular complexity index is 879. The molecule has 2 aromatic carbocycles. The zero-order valence-electron chi connectivity index (χ0n) is 10.9. The topological polar surface area (TPSA) is 86.7 Å². The number of hydrogen-bond acceptors (Lipinski definition) is 4. The minimum Gasteiger partial charge on any atom is -0.506 e. The molecule has 0 aliphatic carbocycles. The summed E-state index contributed by atoms with van der Waals surface area (Å²) < 4.78 is 40.5. The predicted molar refractivity (Wildman–Crippen MR) is 74.7 cm³/mol. The summed E-state index contributed by atoms with van der Waals surface area (Å²) in [6.07, 6.45) is 0. The van der Waals surface area contributed by atoms with Gasteiger partial charge in [-0.15, -0.1) is 0 Å². The van der Waals surface area contributed by atoms with Crippen LogP contribution in [0.3, 0.4) is 0 Å². The largest absolute Gasteiger partial charge is 0.506 e. The summed E-state index contributed by atoms with van der Waals surface area (Å²) in [5.74, 6) is -2.20. The number of benzene rings is 2. The summed E-state index contributed by atoms with van der Waals surface area (Å²) in [6.45, 7) is 1.20. The Morgan fingerprint density at radius 2 is 2.05 bits per heavy atom. The monoisotopic (exact) mass is 310 g/mol. The number of fused-ring (bicyclic) bond motifs is 1. The minimum atomic E-state index is -4.18. The van der Waals surface area contributed by atoms with Crippen molar-refractivity contribution >= 4 is 32.6 Å². The maximum absolute atomic E-state index is 14.6. The number of phenols is 1. The first-order chi connectivity index (χ1) is 9.79. The Morgan fingerprint density at radius 3 is 2.67 bits per heavy atom. The van der Waals surface area contributed by atoms with Crippen molar-refractivity contribution in [2.24, 2.45) is 0 Å². The molecular formula is C13H11FN2O4S. The van der Waals surface area contributed by atoms with Gasteiger partial charge in [0.05, 0.1) is 0 Å². The van der Waals surface area contributed by atoms with Gasteiger partial charge >= 0.3 is 10.2 Å². The predicted octanol–water partition coefficient (Wildman–Crippen LogP) is 1.17. The third-order valence-corrected chi connectivity index (χ3v) is 4.64. The normalized spacial score (nSPS) is 17.2. The summed E-state index contributed by atoms with van der Waals surface area (Å²) in [4.78, 5) is 11.2. The molecule has 21 heavy (non-hydrogen) atoms. The summed E-state index contributed by atoms with van der Waals surface area (Å²) in [5, 5.41) is 10.6. The highest BCUT2D eigenvalue weighted by Crippen LogP contribution is 2.38. The van der Waals surface area contributed by atoms with E-state index < -0.39 is 39.9 Å². The molecule has 1 heterocycles. The van der Waals surface area contributed by atoms with Gasteiger partial charge in [-0.05, 0) is 24.4 Å². The maximum atomic E-state index is 14.6. The number of hydrogen-bond donors (Lipinski definition) is 2. The van der Waals surface area contributed by atoms with Crippen LogP contribution in [0.5, 0.6) is 5.75 Å². The van der Waals surface area contributed by atoms with Crippen LogP contribution in [-0.2, 0) is 15.0 Å². The van der Waals surface area contributed by atoms with Crippen LogP contribution >= 0.6 is 0 Å². The lowest BCUT2D eigenvalue weighted by Crippen LogP contribution is -2.30. The molecule has 0 aromatic heterocycles. The van der Waals surface area contributed by atoms with Crippen molar-refractivity contribution in [2.75, 3.05) is 10.8 Å². The molecule has 0 saturated carbocycles. The van der Waals surface area contributed by atoms with Crippen LogP contribution in [0.15, 0.2) is 24.3 Å². The van der Waals surface area contributed by atoms with Gasteiger partial charge in [-0.25, -0.2) is 13.4 Å². The lowest BCUT2D eigenvalue weighted by Gasteiger charge is -2.18. The van der Waals surface area contributed by atoms with E-state index in [2.05, 4.69) is 0 Å². The van der Waals surface area contributed by atoms with Crippen molar-refractivity contribution in [1.29, 1.82) is 0 Å². The van der Waals surface area contributed by atoms with Crippen molar-refractivity contribution in [2.45, 2.75) is 6.92 Å². The van der Waals surface area contributed by atoms with Crippen molar-refractivity contribution in [1.82, 2.24) is 4.72 Å². The summed E-state index contributed by atoms with van der Waals surface area (Å²) in [6, 6.07) is 6.19. The fraction of sp³-hybridized carbons (Fsp3) is 0.154. The van der Waals surface area contributed by atoms with Gasteiger partial charge in [-0.1, -0.05) is 17.7 Å². The van der Waals surface area contributed by atoms with E-state index in [1.807, 2.05) is 0 Å². The molecule has 110 valence electrons. The second-order valence-electron chi connectivity index (χ2n) is 4.82. The van der Waals surface area contributed by atoms with Crippen LogP contribution in [-0.4, -0.2) is 26.0 Å². The molecule has 1 saturated heterocycles. The number of amides is 1. The lowest BCUT2D eigenvalue weighted by atomic mass is 10.1. The van der Waals surface area contributed by atoms with E-state index in [4.69, 9.17) is 0 Å². The molecule has 1 aliphatic rings. The van der Waals surface area contributed by atoms with Crippen LogP contribution in [0.4, 0.5) is 10.1 Å². The van der Waals surface area contributed by atoms with E-state index in [-0.39, 0.29) is 5.39 Å². The number of carbonyl (C=O) groups excluding carboxylic acids is 1. The number of nitrogens with zero attached hydrogens (tertiary/aromatic N) is 1. The number of aryl methyl sites for hydroxylation is 1. The second-order valence-corrected chi connectivity index (χ2v) is 6.41. The van der Waals surface area contributed by atoms with Crippen LogP contribution in [0.1, 0.15) is 5.56 Å².